The molecule has 5 heteroatoms. The molecule has 1 aliphatic rings. The van der Waals surface area contributed by atoms with Crippen molar-refractivity contribution in [3.8, 4) is 11.1 Å². The van der Waals surface area contributed by atoms with Gasteiger partial charge in [-0.25, -0.2) is 0 Å². The standard InChI is InChI=1S/C18H17F3N2/c1-2-8-23-9-7-17-15(12-23)10-14(11-22-17)13-3-5-16(6-4-13)18(19,20)21/h2-6,10-11H,1,7-9,12H2. The molecule has 0 saturated carbocycles. The van der Waals surface area contributed by atoms with Gasteiger partial charge in [0.2, 0.25) is 0 Å². The normalized spacial score (nSPS) is 15.3. The number of hydrogen-bond acceptors (Lipinski definition) is 2. The Bertz CT molecular complexity index is 705. The van der Waals surface area contributed by atoms with E-state index >= 15 is 0 Å². The first kappa shape index (κ1) is 15.7. The molecular weight excluding hydrogens is 301 g/mol. The van der Waals surface area contributed by atoms with Gasteiger partial charge in [0.25, 0.3) is 0 Å². The number of hydrogen-bond donors (Lipinski definition) is 0. The molecule has 0 fully saturated rings. The number of halogens is 3. The maximum absolute atomic E-state index is 12.6. The second-order valence-corrected chi connectivity index (χ2v) is 5.68. The molecule has 0 atom stereocenters. The molecule has 2 aromatic rings. The molecule has 0 bridgehead atoms. The van der Waals surface area contributed by atoms with Gasteiger partial charge in [-0.3, -0.25) is 9.88 Å². The number of nitrogens with zero attached hydrogens (tertiary/aromatic N) is 2. The van der Waals surface area contributed by atoms with Crippen LogP contribution in [-0.2, 0) is 19.1 Å². The van der Waals surface area contributed by atoms with E-state index in [9.17, 15) is 13.2 Å². The van der Waals surface area contributed by atoms with Crippen LogP contribution in [0.25, 0.3) is 11.1 Å². The molecule has 0 unspecified atom stereocenters. The molecule has 0 radical (unpaired) electrons. The summed E-state index contributed by atoms with van der Waals surface area (Å²) in [6.45, 7) is 6.32. The van der Waals surface area contributed by atoms with E-state index < -0.39 is 11.7 Å². The molecule has 0 N–H and O–H groups in total. The van der Waals surface area contributed by atoms with Crippen molar-refractivity contribution >= 4 is 0 Å². The maximum Gasteiger partial charge on any atom is 0.416 e. The van der Waals surface area contributed by atoms with E-state index in [0.717, 1.165) is 60.6 Å². The summed E-state index contributed by atoms with van der Waals surface area (Å²) in [6, 6.07) is 7.24. The lowest BCUT2D eigenvalue weighted by molar-refractivity contribution is -0.137. The monoisotopic (exact) mass is 318 g/mol. The fourth-order valence-electron chi connectivity index (χ4n) is 2.83. The van der Waals surface area contributed by atoms with Gasteiger partial charge in [-0.2, -0.15) is 13.2 Å². The zero-order chi connectivity index (χ0) is 16.4. The van der Waals surface area contributed by atoms with Crippen LogP contribution in [0, 0.1) is 0 Å². The topological polar surface area (TPSA) is 16.1 Å². The Balaban J connectivity index is 1.87. The van der Waals surface area contributed by atoms with Crippen LogP contribution in [0.4, 0.5) is 13.2 Å². The summed E-state index contributed by atoms with van der Waals surface area (Å²) in [4.78, 5) is 6.76. The number of fused-ring (bicyclic) bond motifs is 1. The van der Waals surface area contributed by atoms with Gasteiger partial charge < -0.3 is 0 Å². The van der Waals surface area contributed by atoms with E-state index in [-0.39, 0.29) is 0 Å². The minimum atomic E-state index is -4.31. The van der Waals surface area contributed by atoms with Crippen molar-refractivity contribution in [2.75, 3.05) is 13.1 Å². The lowest BCUT2D eigenvalue weighted by atomic mass is 9.99. The quantitative estimate of drug-likeness (QED) is 0.784. The van der Waals surface area contributed by atoms with E-state index in [4.69, 9.17) is 0 Å². The minimum absolute atomic E-state index is 0.635. The van der Waals surface area contributed by atoms with Crippen molar-refractivity contribution in [2.24, 2.45) is 0 Å². The van der Waals surface area contributed by atoms with Crippen LogP contribution in [0.5, 0.6) is 0 Å². The fraction of sp³-hybridized carbons (Fsp3) is 0.278. The van der Waals surface area contributed by atoms with Gasteiger partial charge in [-0.1, -0.05) is 18.2 Å². The molecule has 0 spiro atoms. The van der Waals surface area contributed by atoms with Crippen molar-refractivity contribution in [1.29, 1.82) is 0 Å². The van der Waals surface area contributed by atoms with Crippen LogP contribution in [0.2, 0.25) is 0 Å². The largest absolute Gasteiger partial charge is 0.416 e. The summed E-state index contributed by atoms with van der Waals surface area (Å²) in [5, 5.41) is 0. The third kappa shape index (κ3) is 3.45. The first-order valence-corrected chi connectivity index (χ1v) is 7.46. The van der Waals surface area contributed by atoms with Gasteiger partial charge in [0, 0.05) is 43.5 Å². The zero-order valence-corrected chi connectivity index (χ0v) is 12.6. The summed E-state index contributed by atoms with van der Waals surface area (Å²) in [5.74, 6) is 0. The number of benzene rings is 1. The summed E-state index contributed by atoms with van der Waals surface area (Å²) in [7, 11) is 0. The summed E-state index contributed by atoms with van der Waals surface area (Å²) >= 11 is 0. The van der Waals surface area contributed by atoms with E-state index in [1.54, 1.807) is 6.20 Å². The van der Waals surface area contributed by atoms with Crippen molar-refractivity contribution in [3.63, 3.8) is 0 Å². The number of alkyl halides is 3. The van der Waals surface area contributed by atoms with Crippen LogP contribution >= 0.6 is 0 Å². The van der Waals surface area contributed by atoms with E-state index in [2.05, 4.69) is 16.5 Å². The predicted molar refractivity (Wildman–Crippen MR) is 83.9 cm³/mol. The first-order valence-electron chi connectivity index (χ1n) is 7.46. The molecule has 0 aliphatic carbocycles. The predicted octanol–water partition coefficient (Wildman–Crippen LogP) is 4.31. The Labute approximate surface area is 133 Å². The van der Waals surface area contributed by atoms with Crippen molar-refractivity contribution in [3.05, 3.63) is 66.0 Å². The van der Waals surface area contributed by atoms with Gasteiger partial charge in [-0.15, -0.1) is 6.58 Å². The van der Waals surface area contributed by atoms with E-state index in [1.165, 1.54) is 12.1 Å². The third-order valence-electron chi connectivity index (χ3n) is 4.05. The zero-order valence-electron chi connectivity index (χ0n) is 12.6. The second-order valence-electron chi connectivity index (χ2n) is 5.68. The first-order chi connectivity index (χ1) is 11.0. The van der Waals surface area contributed by atoms with E-state index in [0.29, 0.717) is 0 Å². The molecular formula is C18H17F3N2. The molecule has 2 heterocycles. The number of aromatic nitrogens is 1. The molecule has 2 nitrogen and oxygen atoms in total. The Kier molecular flexibility index (Phi) is 4.22. The Hall–Kier alpha value is -2.14. The molecule has 120 valence electrons. The van der Waals surface area contributed by atoms with Gasteiger partial charge in [0.05, 0.1) is 5.56 Å². The lowest BCUT2D eigenvalue weighted by Gasteiger charge is -2.27. The highest BCUT2D eigenvalue weighted by atomic mass is 19.4. The smallest absolute Gasteiger partial charge is 0.295 e. The highest BCUT2D eigenvalue weighted by Crippen LogP contribution is 2.31. The average molecular weight is 318 g/mol. The van der Waals surface area contributed by atoms with Gasteiger partial charge >= 0.3 is 6.18 Å². The molecule has 0 amide bonds. The van der Waals surface area contributed by atoms with Crippen LogP contribution in [-0.4, -0.2) is 23.0 Å². The number of rotatable bonds is 3. The maximum atomic E-state index is 12.6. The molecule has 1 aliphatic heterocycles. The SMILES string of the molecule is C=CCN1CCc2ncc(-c3ccc(C(F)(F)F)cc3)cc2C1. The third-order valence-corrected chi connectivity index (χ3v) is 4.05. The Morgan fingerprint density at radius 3 is 2.57 bits per heavy atom. The van der Waals surface area contributed by atoms with Gasteiger partial charge in [0.1, 0.15) is 0 Å². The van der Waals surface area contributed by atoms with Crippen LogP contribution in [0.3, 0.4) is 0 Å². The molecule has 3 rings (SSSR count). The Morgan fingerprint density at radius 2 is 1.91 bits per heavy atom. The van der Waals surface area contributed by atoms with Crippen molar-refractivity contribution in [2.45, 2.75) is 19.1 Å². The van der Waals surface area contributed by atoms with Gasteiger partial charge in [-0.05, 0) is 29.3 Å². The van der Waals surface area contributed by atoms with E-state index in [1.807, 2.05) is 12.1 Å². The highest BCUT2D eigenvalue weighted by molar-refractivity contribution is 5.64. The van der Waals surface area contributed by atoms with Gasteiger partial charge in [0.15, 0.2) is 0 Å². The summed E-state index contributed by atoms with van der Waals surface area (Å²) < 4.78 is 37.9. The Morgan fingerprint density at radius 1 is 1.17 bits per heavy atom. The number of pyridine rings is 1. The summed E-state index contributed by atoms with van der Waals surface area (Å²) in [6.07, 6.45) is 0.191. The van der Waals surface area contributed by atoms with Crippen LogP contribution in [0.15, 0.2) is 49.2 Å². The van der Waals surface area contributed by atoms with Crippen molar-refractivity contribution in [1.82, 2.24) is 9.88 Å². The van der Waals surface area contributed by atoms with Crippen molar-refractivity contribution < 1.29 is 13.2 Å². The molecule has 23 heavy (non-hydrogen) atoms. The average Bonchev–Trinajstić information content (AvgIpc) is 2.54. The molecule has 0 saturated heterocycles. The van der Waals surface area contributed by atoms with Crippen LogP contribution < -0.4 is 0 Å². The lowest BCUT2D eigenvalue weighted by Crippen LogP contribution is -2.31. The second kappa shape index (κ2) is 6.16. The van der Waals surface area contributed by atoms with Crippen LogP contribution in [0.1, 0.15) is 16.8 Å². The molecule has 1 aromatic heterocycles. The minimum Gasteiger partial charge on any atom is -0.295 e. The molecule has 1 aromatic carbocycles. The fourth-order valence-corrected chi connectivity index (χ4v) is 2.83. The summed E-state index contributed by atoms with van der Waals surface area (Å²) in [5.41, 5.74) is 3.16. The highest BCUT2D eigenvalue weighted by Gasteiger charge is 2.30.